The Hall–Kier alpha value is -1.93. The fourth-order valence-electron chi connectivity index (χ4n) is 2.37. The van der Waals surface area contributed by atoms with Crippen molar-refractivity contribution in [1.29, 1.82) is 0 Å². The maximum Gasteiger partial charge on any atom is 0.230 e. The van der Waals surface area contributed by atoms with Gasteiger partial charge in [-0.3, -0.25) is 4.79 Å². The number of tetrazole rings is 1. The van der Waals surface area contributed by atoms with Crippen molar-refractivity contribution >= 4 is 17.7 Å². The van der Waals surface area contributed by atoms with Gasteiger partial charge in [0.15, 0.2) is 0 Å². The fraction of sp³-hybridized carbons (Fsp3) is 0.467. The lowest BCUT2D eigenvalue weighted by Crippen LogP contribution is -2.32. The molecule has 1 aromatic heterocycles. The molecule has 1 aliphatic rings. The number of nitrogens with one attached hydrogen (secondary N) is 1. The Balaban J connectivity index is 1.46. The molecule has 0 spiro atoms. The Morgan fingerprint density at radius 1 is 1.39 bits per heavy atom. The van der Waals surface area contributed by atoms with Crippen molar-refractivity contribution in [2.45, 2.75) is 30.6 Å². The predicted octanol–water partition coefficient (Wildman–Crippen LogP) is 1.11. The molecular weight excluding hydrogens is 314 g/mol. The van der Waals surface area contributed by atoms with Gasteiger partial charge in [0.1, 0.15) is 0 Å². The molecule has 0 radical (unpaired) electrons. The molecule has 7 nitrogen and oxygen atoms in total. The second-order valence-corrected chi connectivity index (χ2v) is 6.27. The van der Waals surface area contributed by atoms with Gasteiger partial charge in [-0.05, 0) is 28.8 Å². The molecular formula is C15H19N5O2S. The van der Waals surface area contributed by atoms with Crippen LogP contribution in [0.1, 0.15) is 18.4 Å². The molecule has 1 aromatic carbocycles. The smallest absolute Gasteiger partial charge is 0.230 e. The first-order valence-corrected chi connectivity index (χ1v) is 8.61. The summed E-state index contributed by atoms with van der Waals surface area (Å²) >= 11 is 1.34. The average molecular weight is 333 g/mol. The van der Waals surface area contributed by atoms with E-state index in [1.54, 1.807) is 4.68 Å². The predicted molar refractivity (Wildman–Crippen MR) is 86.1 cm³/mol. The summed E-state index contributed by atoms with van der Waals surface area (Å²) in [7, 11) is 0. The highest BCUT2D eigenvalue weighted by Crippen LogP contribution is 2.15. The number of thioether (sulfide) groups is 1. The summed E-state index contributed by atoms with van der Waals surface area (Å²) in [6, 6.07) is 9.96. The first-order chi connectivity index (χ1) is 11.3. The van der Waals surface area contributed by atoms with Crippen molar-refractivity contribution in [3.63, 3.8) is 0 Å². The summed E-state index contributed by atoms with van der Waals surface area (Å²) < 4.78 is 7.18. The minimum atomic E-state index is -0.0280. The molecule has 122 valence electrons. The fourth-order valence-corrected chi connectivity index (χ4v) is 3.08. The van der Waals surface area contributed by atoms with Crippen LogP contribution in [0.25, 0.3) is 0 Å². The van der Waals surface area contributed by atoms with Crippen LogP contribution in [0.4, 0.5) is 0 Å². The van der Waals surface area contributed by atoms with E-state index in [1.807, 2.05) is 30.3 Å². The van der Waals surface area contributed by atoms with Crippen LogP contribution in [0, 0.1) is 0 Å². The number of nitrogens with zero attached hydrogens (tertiary/aromatic N) is 4. The van der Waals surface area contributed by atoms with E-state index >= 15 is 0 Å². The van der Waals surface area contributed by atoms with E-state index in [9.17, 15) is 4.79 Å². The van der Waals surface area contributed by atoms with Crippen LogP contribution in [-0.2, 0) is 16.1 Å². The zero-order valence-corrected chi connectivity index (χ0v) is 13.5. The van der Waals surface area contributed by atoms with Gasteiger partial charge in [0.05, 0.1) is 18.4 Å². The van der Waals surface area contributed by atoms with Crippen molar-refractivity contribution in [1.82, 2.24) is 25.5 Å². The highest BCUT2D eigenvalue weighted by atomic mass is 32.2. The number of amides is 1. The molecule has 1 aliphatic heterocycles. The van der Waals surface area contributed by atoms with Crippen LogP contribution in [-0.4, -0.2) is 51.1 Å². The molecule has 1 fully saturated rings. The number of hydrogen-bond acceptors (Lipinski definition) is 6. The lowest BCUT2D eigenvalue weighted by molar-refractivity contribution is -0.119. The zero-order valence-electron chi connectivity index (χ0n) is 12.7. The van der Waals surface area contributed by atoms with Crippen molar-refractivity contribution < 1.29 is 9.53 Å². The molecule has 8 heteroatoms. The number of benzene rings is 1. The summed E-state index contributed by atoms with van der Waals surface area (Å²) in [5, 5.41) is 15.2. The molecule has 1 unspecified atom stereocenters. The minimum Gasteiger partial charge on any atom is -0.376 e. The highest BCUT2D eigenvalue weighted by molar-refractivity contribution is 7.99. The van der Waals surface area contributed by atoms with Crippen LogP contribution in [0.3, 0.4) is 0 Å². The van der Waals surface area contributed by atoms with Crippen molar-refractivity contribution in [2.75, 3.05) is 18.9 Å². The summed E-state index contributed by atoms with van der Waals surface area (Å²) in [6.45, 7) is 1.96. The molecule has 2 aromatic rings. The molecule has 1 saturated heterocycles. The standard InChI is InChI=1S/C15H19N5O2S/c21-14(16-9-13-7-4-8-22-13)11-23-15-17-18-19-20(15)10-12-5-2-1-3-6-12/h1-3,5-6,13H,4,7-11H2,(H,16,21). The largest absolute Gasteiger partial charge is 0.376 e. The first-order valence-electron chi connectivity index (χ1n) is 7.62. The minimum absolute atomic E-state index is 0.0280. The molecule has 1 amide bonds. The van der Waals surface area contributed by atoms with Crippen LogP contribution in [0.15, 0.2) is 35.5 Å². The Morgan fingerprint density at radius 3 is 3.04 bits per heavy atom. The van der Waals surface area contributed by atoms with E-state index in [1.165, 1.54) is 11.8 Å². The molecule has 0 aliphatic carbocycles. The molecule has 3 rings (SSSR count). The Kier molecular flexibility index (Phi) is 5.60. The van der Waals surface area contributed by atoms with E-state index in [0.717, 1.165) is 25.0 Å². The summed E-state index contributed by atoms with van der Waals surface area (Å²) in [5.41, 5.74) is 1.12. The third-order valence-corrected chi connectivity index (χ3v) is 4.51. The van der Waals surface area contributed by atoms with E-state index in [0.29, 0.717) is 24.0 Å². The lowest BCUT2D eigenvalue weighted by atomic mass is 10.2. The van der Waals surface area contributed by atoms with Crippen molar-refractivity contribution in [3.8, 4) is 0 Å². The first kappa shape index (κ1) is 15.9. The van der Waals surface area contributed by atoms with Gasteiger partial charge in [0.25, 0.3) is 0 Å². The maximum absolute atomic E-state index is 11.9. The molecule has 2 heterocycles. The Labute approximate surface area is 138 Å². The van der Waals surface area contributed by atoms with Gasteiger partial charge in [-0.1, -0.05) is 42.1 Å². The van der Waals surface area contributed by atoms with Gasteiger partial charge in [-0.2, -0.15) is 0 Å². The van der Waals surface area contributed by atoms with Gasteiger partial charge in [0.2, 0.25) is 11.1 Å². The van der Waals surface area contributed by atoms with Gasteiger partial charge >= 0.3 is 0 Å². The normalized spacial score (nSPS) is 17.3. The number of aromatic nitrogens is 4. The lowest BCUT2D eigenvalue weighted by Gasteiger charge is -2.10. The maximum atomic E-state index is 11.9. The van der Waals surface area contributed by atoms with Crippen LogP contribution >= 0.6 is 11.8 Å². The third kappa shape index (κ3) is 4.77. The summed E-state index contributed by atoms with van der Waals surface area (Å²) in [6.07, 6.45) is 2.25. The van der Waals surface area contributed by atoms with Crippen LogP contribution < -0.4 is 5.32 Å². The summed E-state index contributed by atoms with van der Waals surface area (Å²) in [4.78, 5) is 11.9. The molecule has 0 bridgehead atoms. The van der Waals surface area contributed by atoms with Crippen molar-refractivity contribution in [3.05, 3.63) is 35.9 Å². The molecule has 23 heavy (non-hydrogen) atoms. The van der Waals surface area contributed by atoms with E-state index < -0.39 is 0 Å². The zero-order chi connectivity index (χ0) is 15.9. The van der Waals surface area contributed by atoms with Gasteiger partial charge in [-0.15, -0.1) is 5.10 Å². The third-order valence-electron chi connectivity index (χ3n) is 3.56. The highest BCUT2D eigenvalue weighted by Gasteiger charge is 2.16. The number of carbonyl (C=O) groups is 1. The SMILES string of the molecule is O=C(CSc1nnnn1Cc1ccccc1)NCC1CCCO1. The average Bonchev–Trinajstić information content (AvgIpc) is 3.24. The monoisotopic (exact) mass is 333 g/mol. The number of hydrogen-bond donors (Lipinski definition) is 1. The Bertz CT molecular complexity index is 628. The van der Waals surface area contributed by atoms with Crippen molar-refractivity contribution in [2.24, 2.45) is 0 Å². The quantitative estimate of drug-likeness (QED) is 0.765. The van der Waals surface area contributed by atoms with E-state index in [4.69, 9.17) is 4.74 Å². The summed E-state index contributed by atoms with van der Waals surface area (Å²) in [5.74, 6) is 0.266. The second kappa shape index (κ2) is 8.07. The molecule has 1 N–H and O–H groups in total. The van der Waals surface area contributed by atoms with Crippen LogP contribution in [0.2, 0.25) is 0 Å². The van der Waals surface area contributed by atoms with Gasteiger partial charge in [0, 0.05) is 13.2 Å². The van der Waals surface area contributed by atoms with E-state index in [-0.39, 0.29) is 12.0 Å². The topological polar surface area (TPSA) is 81.9 Å². The molecule has 1 atom stereocenters. The number of ether oxygens (including phenoxy) is 1. The Morgan fingerprint density at radius 2 is 2.26 bits per heavy atom. The molecule has 0 saturated carbocycles. The number of rotatable bonds is 7. The van der Waals surface area contributed by atoms with Gasteiger partial charge < -0.3 is 10.1 Å². The second-order valence-electron chi connectivity index (χ2n) is 5.33. The van der Waals surface area contributed by atoms with Crippen LogP contribution in [0.5, 0.6) is 0 Å². The number of carbonyl (C=O) groups excluding carboxylic acids is 1. The van der Waals surface area contributed by atoms with E-state index in [2.05, 4.69) is 20.8 Å². The van der Waals surface area contributed by atoms with Gasteiger partial charge in [-0.25, -0.2) is 4.68 Å².